The van der Waals surface area contributed by atoms with Crippen molar-refractivity contribution >= 4 is 60.7 Å². The van der Waals surface area contributed by atoms with Crippen molar-refractivity contribution < 1.29 is 4.74 Å². The number of fused-ring (bicyclic) bond motifs is 7. The highest BCUT2D eigenvalue weighted by molar-refractivity contribution is 6.11. The number of nitrogens with zero attached hydrogens (tertiary/aromatic N) is 5. The fraction of sp³-hybridized carbons (Fsp3) is 0.0789. The minimum absolute atomic E-state index is 0.781. The van der Waals surface area contributed by atoms with E-state index in [9.17, 15) is 0 Å². The molecule has 0 amide bonds. The van der Waals surface area contributed by atoms with Gasteiger partial charge in [-0.15, -0.1) is 0 Å². The number of aromatic nitrogens is 3. The second-order valence-corrected chi connectivity index (χ2v) is 11.5. The first-order valence-electron chi connectivity index (χ1n) is 14.9. The van der Waals surface area contributed by atoms with E-state index in [0.717, 1.165) is 57.0 Å². The van der Waals surface area contributed by atoms with Gasteiger partial charge in [0.1, 0.15) is 17.3 Å². The maximum Gasteiger partial charge on any atom is 0.139 e. The number of benzene rings is 5. The van der Waals surface area contributed by atoms with E-state index in [-0.39, 0.29) is 0 Å². The Hall–Kier alpha value is -5.75. The molecule has 0 aliphatic carbocycles. The topological polar surface area (TPSA) is 38.5 Å². The molecule has 44 heavy (non-hydrogen) atoms. The first-order valence-corrected chi connectivity index (χ1v) is 14.9. The smallest absolute Gasteiger partial charge is 0.139 e. The van der Waals surface area contributed by atoms with Crippen molar-refractivity contribution in [3.05, 3.63) is 128 Å². The largest absolute Gasteiger partial charge is 0.457 e. The fourth-order valence-electron chi connectivity index (χ4n) is 6.88. The number of hydrogen-bond donors (Lipinski definition) is 0. The number of para-hydroxylation sites is 4. The molecule has 5 aromatic carbocycles. The van der Waals surface area contributed by atoms with Crippen LogP contribution in [0.25, 0.3) is 49.4 Å². The van der Waals surface area contributed by atoms with Crippen LogP contribution in [0.15, 0.2) is 128 Å². The van der Waals surface area contributed by atoms with Crippen LogP contribution in [0.4, 0.5) is 17.1 Å². The van der Waals surface area contributed by atoms with Crippen LogP contribution in [0.5, 0.6) is 11.5 Å². The molecule has 6 heteroatoms. The van der Waals surface area contributed by atoms with E-state index in [2.05, 4.69) is 148 Å². The molecule has 4 heterocycles. The molecular formula is C38H29N5O. The summed E-state index contributed by atoms with van der Waals surface area (Å²) in [5.74, 6) is 2.46. The Kier molecular flexibility index (Phi) is 5.29. The summed E-state index contributed by atoms with van der Waals surface area (Å²) >= 11 is 0. The van der Waals surface area contributed by atoms with Crippen LogP contribution in [0.3, 0.4) is 0 Å². The summed E-state index contributed by atoms with van der Waals surface area (Å²) in [6.45, 7) is 0.795. The number of pyridine rings is 1. The van der Waals surface area contributed by atoms with Crippen LogP contribution in [-0.2, 0) is 7.05 Å². The molecule has 0 saturated heterocycles. The van der Waals surface area contributed by atoms with E-state index in [0.29, 0.717) is 0 Å². The summed E-state index contributed by atoms with van der Waals surface area (Å²) in [4.78, 5) is 9.59. The van der Waals surface area contributed by atoms with Gasteiger partial charge in [-0.05, 0) is 48.5 Å². The first kappa shape index (κ1) is 24.8. The molecule has 8 aromatic rings. The zero-order valence-corrected chi connectivity index (χ0v) is 24.5. The van der Waals surface area contributed by atoms with Crippen LogP contribution in [-0.4, -0.2) is 27.8 Å². The van der Waals surface area contributed by atoms with Crippen molar-refractivity contribution in [2.45, 2.75) is 0 Å². The number of anilines is 3. The first-order chi connectivity index (χ1) is 21.6. The SMILES string of the molecule is CN1CN(c2cccc(Oc3ccc4c5ccccc5n(-c5cc6c(cn5)c5ccccc5n6C)c4c3)c2)c2ccccc21. The third kappa shape index (κ3) is 3.64. The summed E-state index contributed by atoms with van der Waals surface area (Å²) in [5, 5.41) is 4.72. The zero-order valence-electron chi connectivity index (χ0n) is 24.5. The van der Waals surface area contributed by atoms with E-state index in [1.54, 1.807) is 0 Å². The molecule has 212 valence electrons. The Morgan fingerprint density at radius 2 is 1.27 bits per heavy atom. The standard InChI is InChI=1S/C38H29N5O/c1-40-24-42(35-17-8-7-16-34(35)40)25-10-9-11-26(20-25)44-27-18-19-30-28-12-4-6-15-33(28)43(37(30)21-27)38-22-36-31(23-39-38)29-13-3-5-14-32(29)41(36)2/h3-23H,24H2,1-2H3. The Balaban J connectivity index is 1.15. The van der Waals surface area contributed by atoms with Crippen LogP contribution < -0.4 is 14.5 Å². The summed E-state index contributed by atoms with van der Waals surface area (Å²) < 4.78 is 11.0. The normalized spacial score (nSPS) is 13.0. The van der Waals surface area contributed by atoms with Gasteiger partial charge in [-0.2, -0.15) is 0 Å². The second-order valence-electron chi connectivity index (χ2n) is 11.5. The van der Waals surface area contributed by atoms with Gasteiger partial charge < -0.3 is 19.1 Å². The van der Waals surface area contributed by atoms with Gasteiger partial charge in [0.15, 0.2) is 0 Å². The van der Waals surface area contributed by atoms with Gasteiger partial charge in [0.25, 0.3) is 0 Å². The van der Waals surface area contributed by atoms with Gasteiger partial charge in [0.2, 0.25) is 0 Å². The molecule has 0 N–H and O–H groups in total. The molecule has 3 aromatic heterocycles. The van der Waals surface area contributed by atoms with E-state index in [1.807, 2.05) is 12.3 Å². The lowest BCUT2D eigenvalue weighted by atomic mass is 10.1. The molecule has 0 saturated carbocycles. The molecule has 9 rings (SSSR count). The quantitative estimate of drug-likeness (QED) is 0.211. The van der Waals surface area contributed by atoms with Gasteiger partial charge in [-0.1, -0.05) is 54.6 Å². The predicted octanol–water partition coefficient (Wildman–Crippen LogP) is 9.16. The Morgan fingerprint density at radius 3 is 2.14 bits per heavy atom. The van der Waals surface area contributed by atoms with Crippen molar-refractivity contribution in [3.63, 3.8) is 0 Å². The molecule has 0 fully saturated rings. The lowest BCUT2D eigenvalue weighted by Gasteiger charge is -2.20. The number of ether oxygens (including phenoxy) is 1. The second kappa shape index (κ2) is 9.38. The third-order valence-electron chi connectivity index (χ3n) is 8.96. The molecule has 0 spiro atoms. The number of hydrogen-bond acceptors (Lipinski definition) is 4. The monoisotopic (exact) mass is 571 g/mol. The molecule has 1 aliphatic heterocycles. The highest BCUT2D eigenvalue weighted by Gasteiger charge is 2.24. The average molecular weight is 572 g/mol. The van der Waals surface area contributed by atoms with Crippen LogP contribution >= 0.6 is 0 Å². The maximum absolute atomic E-state index is 6.54. The van der Waals surface area contributed by atoms with Crippen molar-refractivity contribution in [1.82, 2.24) is 14.1 Å². The minimum atomic E-state index is 0.781. The maximum atomic E-state index is 6.54. The Labute approximate surface area is 254 Å². The van der Waals surface area contributed by atoms with Gasteiger partial charge in [-0.3, -0.25) is 4.57 Å². The van der Waals surface area contributed by atoms with Gasteiger partial charge >= 0.3 is 0 Å². The molecular weight excluding hydrogens is 542 g/mol. The van der Waals surface area contributed by atoms with E-state index in [1.165, 1.54) is 27.7 Å². The van der Waals surface area contributed by atoms with Crippen LogP contribution in [0.2, 0.25) is 0 Å². The molecule has 0 bridgehead atoms. The minimum Gasteiger partial charge on any atom is -0.457 e. The number of aryl methyl sites for hydroxylation is 1. The van der Waals surface area contributed by atoms with Crippen molar-refractivity contribution in [2.24, 2.45) is 7.05 Å². The Morgan fingerprint density at radius 1 is 0.568 bits per heavy atom. The van der Waals surface area contributed by atoms with Crippen molar-refractivity contribution in [3.8, 4) is 17.3 Å². The lowest BCUT2D eigenvalue weighted by Crippen LogP contribution is -2.23. The lowest BCUT2D eigenvalue weighted by molar-refractivity contribution is 0.483. The molecule has 0 unspecified atom stereocenters. The summed E-state index contributed by atoms with van der Waals surface area (Å²) in [6, 6.07) is 42.4. The Bertz CT molecular complexity index is 2400. The summed E-state index contributed by atoms with van der Waals surface area (Å²) in [6.07, 6.45) is 2.01. The van der Waals surface area contributed by atoms with Crippen LogP contribution in [0.1, 0.15) is 0 Å². The summed E-state index contributed by atoms with van der Waals surface area (Å²) in [7, 11) is 4.25. The van der Waals surface area contributed by atoms with E-state index < -0.39 is 0 Å². The third-order valence-corrected chi connectivity index (χ3v) is 8.96. The molecule has 6 nitrogen and oxygen atoms in total. The average Bonchev–Trinajstić information content (AvgIpc) is 3.68. The zero-order chi connectivity index (χ0) is 29.4. The van der Waals surface area contributed by atoms with Crippen LogP contribution in [0, 0.1) is 0 Å². The summed E-state index contributed by atoms with van der Waals surface area (Å²) in [5.41, 5.74) is 8.05. The highest BCUT2D eigenvalue weighted by Crippen LogP contribution is 2.41. The molecule has 1 aliphatic rings. The molecule has 0 atom stereocenters. The van der Waals surface area contributed by atoms with Crippen molar-refractivity contribution in [1.29, 1.82) is 0 Å². The van der Waals surface area contributed by atoms with Crippen molar-refractivity contribution in [2.75, 3.05) is 23.5 Å². The van der Waals surface area contributed by atoms with Gasteiger partial charge in [0.05, 0.1) is 34.6 Å². The van der Waals surface area contributed by atoms with E-state index >= 15 is 0 Å². The fourth-order valence-corrected chi connectivity index (χ4v) is 6.88. The van der Waals surface area contributed by atoms with Gasteiger partial charge in [-0.25, -0.2) is 4.98 Å². The highest BCUT2D eigenvalue weighted by atomic mass is 16.5. The predicted molar refractivity (Wildman–Crippen MR) is 181 cm³/mol. The number of rotatable bonds is 4. The van der Waals surface area contributed by atoms with E-state index in [4.69, 9.17) is 9.72 Å². The molecule has 0 radical (unpaired) electrons. The van der Waals surface area contributed by atoms with Gasteiger partial charge in [0, 0.05) is 71.2 Å².